The van der Waals surface area contributed by atoms with Crippen LogP contribution in [0.5, 0.6) is 0 Å². The number of nitrogens with zero attached hydrogens (tertiary/aromatic N) is 1. The minimum Gasteiger partial charge on any atom is -0.311 e. The Balaban J connectivity index is 1.53. The first-order valence-electron chi connectivity index (χ1n) is 8.32. The number of rotatable bonds is 3. The Kier molecular flexibility index (Phi) is 4.25. The summed E-state index contributed by atoms with van der Waals surface area (Å²) in [6.45, 7) is 6.30. The topological polar surface area (TPSA) is 15.3 Å². The third-order valence-corrected chi connectivity index (χ3v) is 5.86. The summed E-state index contributed by atoms with van der Waals surface area (Å²) in [5.74, 6) is 1.98. The molecule has 1 heterocycles. The molecule has 104 valence electrons. The van der Waals surface area contributed by atoms with E-state index < -0.39 is 0 Å². The van der Waals surface area contributed by atoms with Crippen molar-refractivity contribution in [2.45, 2.75) is 70.4 Å². The fourth-order valence-electron chi connectivity index (χ4n) is 4.24. The van der Waals surface area contributed by atoms with Gasteiger partial charge in [-0.1, -0.05) is 25.7 Å². The zero-order valence-electron chi connectivity index (χ0n) is 12.0. The van der Waals surface area contributed by atoms with E-state index in [-0.39, 0.29) is 0 Å². The second kappa shape index (κ2) is 5.92. The number of hydrogen-bond acceptors (Lipinski definition) is 2. The Morgan fingerprint density at radius 1 is 1.00 bits per heavy atom. The van der Waals surface area contributed by atoms with Crippen LogP contribution in [0.3, 0.4) is 0 Å². The van der Waals surface area contributed by atoms with Crippen molar-refractivity contribution in [1.82, 2.24) is 10.2 Å². The van der Waals surface area contributed by atoms with Gasteiger partial charge in [-0.25, -0.2) is 0 Å². The monoisotopic (exact) mass is 250 g/mol. The SMILES string of the molecule is CC(C1CCC1)N1CCNC(C2CCCCC2)C1. The molecule has 2 atom stereocenters. The predicted octanol–water partition coefficient (Wildman–Crippen LogP) is 3.03. The molecular weight excluding hydrogens is 220 g/mol. The van der Waals surface area contributed by atoms with Gasteiger partial charge in [-0.05, 0) is 44.4 Å². The van der Waals surface area contributed by atoms with Gasteiger partial charge >= 0.3 is 0 Å². The average molecular weight is 250 g/mol. The Morgan fingerprint density at radius 2 is 1.78 bits per heavy atom. The van der Waals surface area contributed by atoms with Crippen molar-refractivity contribution in [3.8, 4) is 0 Å². The van der Waals surface area contributed by atoms with Crippen LogP contribution in [0.15, 0.2) is 0 Å². The van der Waals surface area contributed by atoms with Gasteiger partial charge in [0.15, 0.2) is 0 Å². The van der Waals surface area contributed by atoms with E-state index in [9.17, 15) is 0 Å². The predicted molar refractivity (Wildman–Crippen MR) is 76.7 cm³/mol. The molecule has 0 aromatic heterocycles. The quantitative estimate of drug-likeness (QED) is 0.828. The van der Waals surface area contributed by atoms with E-state index in [1.54, 1.807) is 0 Å². The van der Waals surface area contributed by atoms with Crippen LogP contribution in [-0.4, -0.2) is 36.6 Å². The highest BCUT2D eigenvalue weighted by Crippen LogP contribution is 2.33. The third kappa shape index (κ3) is 2.75. The van der Waals surface area contributed by atoms with E-state index in [0.29, 0.717) is 0 Å². The van der Waals surface area contributed by atoms with Gasteiger partial charge in [0, 0.05) is 31.7 Å². The molecule has 3 rings (SSSR count). The summed E-state index contributed by atoms with van der Waals surface area (Å²) in [6, 6.07) is 1.63. The van der Waals surface area contributed by atoms with Crippen molar-refractivity contribution in [2.24, 2.45) is 11.8 Å². The summed E-state index contributed by atoms with van der Waals surface area (Å²) in [6.07, 6.45) is 11.8. The first-order chi connectivity index (χ1) is 8.84. The van der Waals surface area contributed by atoms with Crippen molar-refractivity contribution in [3.05, 3.63) is 0 Å². The molecule has 1 aliphatic heterocycles. The van der Waals surface area contributed by atoms with Gasteiger partial charge in [-0.3, -0.25) is 4.90 Å². The summed E-state index contributed by atoms with van der Waals surface area (Å²) in [5, 5.41) is 3.81. The van der Waals surface area contributed by atoms with Gasteiger partial charge in [-0.2, -0.15) is 0 Å². The summed E-state index contributed by atoms with van der Waals surface area (Å²) in [4.78, 5) is 2.79. The van der Waals surface area contributed by atoms with Gasteiger partial charge < -0.3 is 5.32 Å². The van der Waals surface area contributed by atoms with Gasteiger partial charge in [0.2, 0.25) is 0 Å². The van der Waals surface area contributed by atoms with Gasteiger partial charge in [0.1, 0.15) is 0 Å². The smallest absolute Gasteiger partial charge is 0.0223 e. The number of piperazine rings is 1. The second-order valence-electron chi connectivity index (χ2n) is 6.89. The normalized spacial score (nSPS) is 34.2. The maximum absolute atomic E-state index is 3.81. The molecule has 0 bridgehead atoms. The summed E-state index contributed by atoms with van der Waals surface area (Å²) in [7, 11) is 0. The van der Waals surface area contributed by atoms with Crippen LogP contribution in [0.4, 0.5) is 0 Å². The molecular formula is C16H30N2. The molecule has 3 fully saturated rings. The lowest BCUT2D eigenvalue weighted by Crippen LogP contribution is -2.57. The molecule has 2 heteroatoms. The first kappa shape index (κ1) is 12.9. The molecule has 0 aromatic rings. The van der Waals surface area contributed by atoms with Crippen molar-refractivity contribution in [3.63, 3.8) is 0 Å². The van der Waals surface area contributed by atoms with Crippen LogP contribution in [0.25, 0.3) is 0 Å². The lowest BCUT2D eigenvalue weighted by molar-refractivity contribution is 0.0625. The Bertz CT molecular complexity index is 248. The number of nitrogens with one attached hydrogen (secondary N) is 1. The maximum Gasteiger partial charge on any atom is 0.0223 e. The third-order valence-electron chi connectivity index (χ3n) is 5.86. The molecule has 1 saturated heterocycles. The van der Waals surface area contributed by atoms with E-state index in [4.69, 9.17) is 0 Å². The van der Waals surface area contributed by atoms with Gasteiger partial charge in [0.05, 0.1) is 0 Å². The average Bonchev–Trinajstić information content (AvgIpc) is 2.38. The molecule has 3 aliphatic rings. The maximum atomic E-state index is 3.81. The van der Waals surface area contributed by atoms with E-state index >= 15 is 0 Å². The standard InChI is InChI=1S/C16H30N2/c1-13(14-8-5-9-14)18-11-10-17-16(12-18)15-6-3-2-4-7-15/h13-17H,2-12H2,1H3. The van der Waals surface area contributed by atoms with Crippen LogP contribution in [0.1, 0.15) is 58.3 Å². The van der Waals surface area contributed by atoms with E-state index in [1.807, 2.05) is 0 Å². The van der Waals surface area contributed by atoms with Crippen molar-refractivity contribution in [2.75, 3.05) is 19.6 Å². The highest BCUT2D eigenvalue weighted by molar-refractivity contribution is 4.90. The van der Waals surface area contributed by atoms with E-state index in [0.717, 1.165) is 23.9 Å². The van der Waals surface area contributed by atoms with Crippen LogP contribution >= 0.6 is 0 Å². The molecule has 1 N–H and O–H groups in total. The Hall–Kier alpha value is -0.0800. The van der Waals surface area contributed by atoms with Crippen molar-refractivity contribution < 1.29 is 0 Å². The molecule has 0 amide bonds. The van der Waals surface area contributed by atoms with Gasteiger partial charge in [-0.15, -0.1) is 0 Å². The van der Waals surface area contributed by atoms with E-state index in [2.05, 4.69) is 17.1 Å². The van der Waals surface area contributed by atoms with Crippen LogP contribution < -0.4 is 5.32 Å². The minimum atomic E-state index is 0.793. The fraction of sp³-hybridized carbons (Fsp3) is 1.00. The highest BCUT2D eigenvalue weighted by Gasteiger charge is 2.33. The Labute approximate surface area is 113 Å². The van der Waals surface area contributed by atoms with E-state index in [1.165, 1.54) is 71.0 Å². The molecule has 2 unspecified atom stereocenters. The summed E-state index contributed by atoms with van der Waals surface area (Å²) >= 11 is 0. The Morgan fingerprint density at radius 3 is 2.44 bits per heavy atom. The van der Waals surface area contributed by atoms with Gasteiger partial charge in [0.25, 0.3) is 0 Å². The van der Waals surface area contributed by atoms with Crippen molar-refractivity contribution in [1.29, 1.82) is 0 Å². The molecule has 0 aromatic carbocycles. The molecule has 2 nitrogen and oxygen atoms in total. The van der Waals surface area contributed by atoms with Crippen LogP contribution in [-0.2, 0) is 0 Å². The van der Waals surface area contributed by atoms with Crippen LogP contribution in [0.2, 0.25) is 0 Å². The zero-order chi connectivity index (χ0) is 12.4. The lowest BCUT2D eigenvalue weighted by Gasteiger charge is -2.45. The molecule has 0 radical (unpaired) electrons. The molecule has 2 aliphatic carbocycles. The largest absolute Gasteiger partial charge is 0.311 e. The highest BCUT2D eigenvalue weighted by atomic mass is 15.2. The van der Waals surface area contributed by atoms with Crippen molar-refractivity contribution >= 4 is 0 Å². The summed E-state index contributed by atoms with van der Waals surface area (Å²) < 4.78 is 0. The van der Waals surface area contributed by atoms with Crippen LogP contribution in [0, 0.1) is 11.8 Å². The first-order valence-corrected chi connectivity index (χ1v) is 8.32. The molecule has 0 spiro atoms. The number of hydrogen-bond donors (Lipinski definition) is 1. The molecule has 2 saturated carbocycles. The lowest BCUT2D eigenvalue weighted by atomic mass is 9.78. The molecule has 18 heavy (non-hydrogen) atoms. The summed E-state index contributed by atoms with van der Waals surface area (Å²) in [5.41, 5.74) is 0. The fourth-order valence-corrected chi connectivity index (χ4v) is 4.24. The second-order valence-corrected chi connectivity index (χ2v) is 6.89. The zero-order valence-corrected chi connectivity index (χ0v) is 12.0. The minimum absolute atomic E-state index is 0.793.